The summed E-state index contributed by atoms with van der Waals surface area (Å²) in [6.07, 6.45) is 3.22. The molecule has 2 rings (SSSR count). The Morgan fingerprint density at radius 2 is 2.00 bits per heavy atom. The van der Waals surface area contributed by atoms with Crippen LogP contribution in [-0.2, 0) is 4.79 Å². The van der Waals surface area contributed by atoms with Crippen molar-refractivity contribution < 1.29 is 14.3 Å². The highest BCUT2D eigenvalue weighted by atomic mass is 35.5. The predicted molar refractivity (Wildman–Crippen MR) is 75.4 cm³/mol. The number of rotatable bonds is 5. The minimum Gasteiger partial charge on any atom is -0.494 e. The summed E-state index contributed by atoms with van der Waals surface area (Å²) in [7, 11) is 0. The number of imide groups is 1. The molecule has 1 aliphatic heterocycles. The van der Waals surface area contributed by atoms with Crippen LogP contribution in [0.4, 0.5) is 4.79 Å². The van der Waals surface area contributed by atoms with Gasteiger partial charge in [-0.2, -0.15) is 0 Å². The normalized spacial score (nSPS) is 16.8. The lowest BCUT2D eigenvalue weighted by Gasteiger charge is -2.04. The molecule has 2 amide bonds. The van der Waals surface area contributed by atoms with Gasteiger partial charge in [0.2, 0.25) is 0 Å². The van der Waals surface area contributed by atoms with Crippen LogP contribution in [0.3, 0.4) is 0 Å². The Balaban J connectivity index is 1.70. The van der Waals surface area contributed by atoms with Gasteiger partial charge in [0.25, 0.3) is 11.1 Å². The summed E-state index contributed by atoms with van der Waals surface area (Å²) in [5.74, 6) is 0.453. The van der Waals surface area contributed by atoms with E-state index in [1.54, 1.807) is 30.3 Å². The fourth-order valence-electron chi connectivity index (χ4n) is 1.50. The third kappa shape index (κ3) is 4.29. The average molecular weight is 298 g/mol. The number of benzene rings is 1. The second-order valence-corrected chi connectivity index (χ2v) is 5.31. The first kappa shape index (κ1) is 14.0. The summed E-state index contributed by atoms with van der Waals surface area (Å²) in [4.78, 5) is 22.6. The molecule has 1 aromatic carbocycles. The van der Waals surface area contributed by atoms with Crippen molar-refractivity contribution in [1.29, 1.82) is 0 Å². The van der Waals surface area contributed by atoms with E-state index in [9.17, 15) is 9.59 Å². The molecule has 6 heteroatoms. The quantitative estimate of drug-likeness (QED) is 0.669. The number of halogens is 1. The summed E-state index contributed by atoms with van der Waals surface area (Å²) in [5, 5.41) is 2.57. The highest BCUT2D eigenvalue weighted by Gasteiger charge is 2.24. The smallest absolute Gasteiger partial charge is 0.290 e. The number of allylic oxidation sites excluding steroid dienone is 1. The van der Waals surface area contributed by atoms with E-state index in [1.807, 2.05) is 0 Å². The number of hydrogen-bond donors (Lipinski definition) is 1. The van der Waals surface area contributed by atoms with Crippen LogP contribution in [0.2, 0.25) is 5.02 Å². The van der Waals surface area contributed by atoms with E-state index in [2.05, 4.69) is 5.32 Å². The van der Waals surface area contributed by atoms with Crippen molar-refractivity contribution in [3.63, 3.8) is 0 Å². The van der Waals surface area contributed by atoms with Crippen LogP contribution in [0.25, 0.3) is 0 Å². The van der Waals surface area contributed by atoms with Crippen LogP contribution < -0.4 is 10.1 Å². The SMILES string of the molecule is O=C1NC(=O)C(=CCCCOc2ccc(Cl)cc2)S1. The molecule has 1 aromatic rings. The Morgan fingerprint density at radius 1 is 1.26 bits per heavy atom. The van der Waals surface area contributed by atoms with Crippen molar-refractivity contribution >= 4 is 34.5 Å². The largest absolute Gasteiger partial charge is 0.494 e. The molecule has 19 heavy (non-hydrogen) atoms. The van der Waals surface area contributed by atoms with Crippen LogP contribution in [0.1, 0.15) is 12.8 Å². The van der Waals surface area contributed by atoms with E-state index in [-0.39, 0.29) is 11.1 Å². The van der Waals surface area contributed by atoms with Crippen LogP contribution >= 0.6 is 23.4 Å². The Labute approximate surface area is 120 Å². The van der Waals surface area contributed by atoms with Gasteiger partial charge in [0.1, 0.15) is 5.75 Å². The third-order valence-corrected chi connectivity index (χ3v) is 3.51. The maximum atomic E-state index is 11.2. The first-order chi connectivity index (χ1) is 9.15. The van der Waals surface area contributed by atoms with E-state index in [0.29, 0.717) is 23.0 Å². The minimum atomic E-state index is -0.311. The van der Waals surface area contributed by atoms with Crippen LogP contribution in [0, 0.1) is 0 Å². The molecule has 1 aliphatic rings. The third-order valence-electron chi connectivity index (χ3n) is 2.40. The van der Waals surface area contributed by atoms with Crippen LogP contribution in [0.5, 0.6) is 5.75 Å². The van der Waals surface area contributed by atoms with Gasteiger partial charge in [-0.25, -0.2) is 0 Å². The summed E-state index contributed by atoms with van der Waals surface area (Å²) >= 11 is 6.70. The highest BCUT2D eigenvalue weighted by molar-refractivity contribution is 8.18. The zero-order valence-electron chi connectivity index (χ0n) is 10.0. The van der Waals surface area contributed by atoms with Gasteiger partial charge in [0.05, 0.1) is 11.5 Å². The second-order valence-electron chi connectivity index (χ2n) is 3.86. The van der Waals surface area contributed by atoms with E-state index in [4.69, 9.17) is 16.3 Å². The van der Waals surface area contributed by atoms with Gasteiger partial charge in [-0.15, -0.1) is 0 Å². The summed E-state index contributed by atoms with van der Waals surface area (Å²) < 4.78 is 5.51. The Morgan fingerprint density at radius 3 is 2.63 bits per heavy atom. The Bertz CT molecular complexity index is 513. The number of ether oxygens (including phenoxy) is 1. The number of hydrogen-bond acceptors (Lipinski definition) is 4. The molecule has 100 valence electrons. The van der Waals surface area contributed by atoms with Gasteiger partial charge in [-0.3, -0.25) is 14.9 Å². The van der Waals surface area contributed by atoms with Crippen molar-refractivity contribution in [3.8, 4) is 5.75 Å². The van der Waals surface area contributed by atoms with Gasteiger partial charge in [0, 0.05) is 5.02 Å². The van der Waals surface area contributed by atoms with E-state index < -0.39 is 0 Å². The fraction of sp³-hybridized carbons (Fsp3) is 0.231. The van der Waals surface area contributed by atoms with Crippen LogP contribution in [-0.4, -0.2) is 17.8 Å². The highest BCUT2D eigenvalue weighted by Crippen LogP contribution is 2.23. The predicted octanol–water partition coefficient (Wildman–Crippen LogP) is 3.37. The Kier molecular flexibility index (Phi) is 4.87. The molecule has 0 aliphatic carbocycles. The van der Waals surface area contributed by atoms with Crippen molar-refractivity contribution in [2.75, 3.05) is 6.61 Å². The summed E-state index contributed by atoms with van der Waals surface area (Å²) in [5.41, 5.74) is 0. The monoisotopic (exact) mass is 297 g/mol. The molecule has 0 atom stereocenters. The molecular weight excluding hydrogens is 286 g/mol. The lowest BCUT2D eigenvalue weighted by Crippen LogP contribution is -2.17. The van der Waals surface area contributed by atoms with E-state index in [0.717, 1.165) is 23.9 Å². The second kappa shape index (κ2) is 6.63. The number of carbonyl (C=O) groups is 2. The first-order valence-corrected chi connectivity index (χ1v) is 6.96. The molecule has 0 unspecified atom stereocenters. The first-order valence-electron chi connectivity index (χ1n) is 5.77. The lowest BCUT2D eigenvalue weighted by molar-refractivity contribution is -0.115. The molecule has 1 fully saturated rings. The van der Waals surface area contributed by atoms with E-state index >= 15 is 0 Å². The van der Waals surface area contributed by atoms with Crippen molar-refractivity contribution in [1.82, 2.24) is 5.32 Å². The van der Waals surface area contributed by atoms with Gasteiger partial charge >= 0.3 is 0 Å². The van der Waals surface area contributed by atoms with Crippen LogP contribution in [0.15, 0.2) is 35.2 Å². The van der Waals surface area contributed by atoms with Gasteiger partial charge < -0.3 is 4.74 Å². The van der Waals surface area contributed by atoms with Gasteiger partial charge in [-0.05, 0) is 48.9 Å². The molecule has 4 nitrogen and oxygen atoms in total. The van der Waals surface area contributed by atoms with Gasteiger partial charge in [0.15, 0.2) is 0 Å². The number of unbranched alkanes of at least 4 members (excludes halogenated alkanes) is 1. The molecule has 0 radical (unpaired) electrons. The molecule has 0 spiro atoms. The van der Waals surface area contributed by atoms with Crippen molar-refractivity contribution in [3.05, 3.63) is 40.3 Å². The molecule has 0 saturated carbocycles. The average Bonchev–Trinajstić information content (AvgIpc) is 2.70. The zero-order valence-corrected chi connectivity index (χ0v) is 11.6. The van der Waals surface area contributed by atoms with E-state index in [1.165, 1.54) is 0 Å². The lowest BCUT2D eigenvalue weighted by atomic mass is 10.3. The topological polar surface area (TPSA) is 55.4 Å². The molecular formula is C13H12ClNO3S. The fourth-order valence-corrected chi connectivity index (χ4v) is 2.31. The standard InChI is InChI=1S/C13H12ClNO3S/c14-9-4-6-10(7-5-9)18-8-2-1-3-11-12(16)15-13(17)19-11/h3-7H,1-2,8H2,(H,15,16,17). The number of nitrogens with one attached hydrogen (secondary N) is 1. The zero-order chi connectivity index (χ0) is 13.7. The van der Waals surface area contributed by atoms with Crippen molar-refractivity contribution in [2.45, 2.75) is 12.8 Å². The van der Waals surface area contributed by atoms with Gasteiger partial charge in [-0.1, -0.05) is 17.7 Å². The molecule has 0 aromatic heterocycles. The summed E-state index contributed by atoms with van der Waals surface area (Å²) in [6.45, 7) is 0.547. The molecule has 1 N–H and O–H groups in total. The minimum absolute atomic E-state index is 0.311. The number of thioether (sulfide) groups is 1. The summed E-state index contributed by atoms with van der Waals surface area (Å²) in [6, 6.07) is 7.15. The number of amides is 2. The molecule has 1 heterocycles. The maximum absolute atomic E-state index is 11.2. The number of carbonyl (C=O) groups excluding carboxylic acids is 2. The molecule has 1 saturated heterocycles. The van der Waals surface area contributed by atoms with Crippen molar-refractivity contribution in [2.24, 2.45) is 0 Å². The Hall–Kier alpha value is -1.46. The maximum Gasteiger partial charge on any atom is 0.290 e. The molecule has 0 bridgehead atoms.